The third kappa shape index (κ3) is 3.54. The smallest absolute Gasteiger partial charge is 0.247 e. The number of aryl methyl sites for hydroxylation is 1. The lowest BCUT2D eigenvalue weighted by molar-refractivity contribution is 0.257. The lowest BCUT2D eigenvalue weighted by Crippen LogP contribution is -2.49. The number of hydrogen-bond acceptors (Lipinski definition) is 6. The average Bonchev–Trinajstić information content (AvgIpc) is 3.06. The zero-order valence-corrected chi connectivity index (χ0v) is 16.0. The van der Waals surface area contributed by atoms with E-state index in [1.165, 1.54) is 29.6 Å². The molecule has 1 aliphatic heterocycles. The van der Waals surface area contributed by atoms with Crippen LogP contribution in [0.15, 0.2) is 35.5 Å². The maximum absolute atomic E-state index is 13.3. The van der Waals surface area contributed by atoms with Crippen LogP contribution in [0.1, 0.15) is 17.4 Å². The third-order valence-electron chi connectivity index (χ3n) is 4.23. The highest BCUT2D eigenvalue weighted by Gasteiger charge is 2.37. The minimum Gasteiger partial charge on any atom is -0.495 e. The van der Waals surface area contributed by atoms with Crippen LogP contribution in [0.2, 0.25) is 0 Å². The molecule has 26 heavy (non-hydrogen) atoms. The first-order chi connectivity index (χ1) is 12.0. The normalized spacial score (nSPS) is 18.0. The summed E-state index contributed by atoms with van der Waals surface area (Å²) >= 11 is 0. The molecule has 1 atom stereocenters. The van der Waals surface area contributed by atoms with Crippen LogP contribution in [-0.4, -0.2) is 49.0 Å². The largest absolute Gasteiger partial charge is 0.495 e. The fourth-order valence-electron chi connectivity index (χ4n) is 2.97. The number of hydrogen-bond donors (Lipinski definition) is 1. The molecule has 2 aromatic rings. The van der Waals surface area contributed by atoms with Crippen LogP contribution in [0.4, 0.5) is 0 Å². The Balaban J connectivity index is 0.00000243. The molecule has 1 saturated heterocycles. The van der Waals surface area contributed by atoms with Gasteiger partial charge >= 0.3 is 0 Å². The SMILES string of the molecule is COc1cc(C#N)ccc1S(=O)(=O)N1CCNCC1c1nccn1C.Cl. The fraction of sp³-hybridized carbons (Fsp3) is 0.375. The van der Waals surface area contributed by atoms with E-state index in [1.54, 1.807) is 12.4 Å². The molecule has 1 fully saturated rings. The van der Waals surface area contributed by atoms with Gasteiger partial charge in [-0.25, -0.2) is 13.4 Å². The molecule has 8 nitrogen and oxygen atoms in total. The summed E-state index contributed by atoms with van der Waals surface area (Å²) in [6.45, 7) is 1.35. The molecule has 1 aromatic carbocycles. The van der Waals surface area contributed by atoms with Gasteiger partial charge in [-0.05, 0) is 18.2 Å². The Morgan fingerprint density at radius 1 is 1.42 bits per heavy atom. The predicted octanol–water partition coefficient (Wildman–Crippen LogP) is 1.06. The van der Waals surface area contributed by atoms with E-state index in [4.69, 9.17) is 10.00 Å². The molecular formula is C16H20ClN5O3S. The molecule has 1 unspecified atom stereocenters. The van der Waals surface area contributed by atoms with E-state index in [0.717, 1.165) is 0 Å². The predicted molar refractivity (Wildman–Crippen MR) is 97.7 cm³/mol. The van der Waals surface area contributed by atoms with Gasteiger partial charge in [-0.15, -0.1) is 12.4 Å². The molecular weight excluding hydrogens is 378 g/mol. The van der Waals surface area contributed by atoms with Gasteiger partial charge in [0.2, 0.25) is 10.0 Å². The molecule has 0 aliphatic carbocycles. The van der Waals surface area contributed by atoms with Crippen LogP contribution in [-0.2, 0) is 17.1 Å². The number of halogens is 1. The molecule has 3 rings (SSSR count). The number of sulfonamides is 1. The Morgan fingerprint density at radius 2 is 2.19 bits per heavy atom. The van der Waals surface area contributed by atoms with Gasteiger partial charge in [0.25, 0.3) is 0 Å². The summed E-state index contributed by atoms with van der Waals surface area (Å²) in [4.78, 5) is 4.36. The van der Waals surface area contributed by atoms with Crippen LogP contribution < -0.4 is 10.1 Å². The first-order valence-electron chi connectivity index (χ1n) is 7.77. The number of nitriles is 1. The van der Waals surface area contributed by atoms with Crippen LogP contribution in [0.5, 0.6) is 5.75 Å². The molecule has 140 valence electrons. The second-order valence-electron chi connectivity index (χ2n) is 5.71. The van der Waals surface area contributed by atoms with Crippen molar-refractivity contribution in [3.8, 4) is 11.8 Å². The number of benzene rings is 1. The summed E-state index contributed by atoms with van der Waals surface area (Å²) < 4.78 is 35.0. The van der Waals surface area contributed by atoms with Gasteiger partial charge in [0.15, 0.2) is 0 Å². The number of piperazine rings is 1. The number of methoxy groups -OCH3 is 1. The highest BCUT2D eigenvalue weighted by molar-refractivity contribution is 7.89. The van der Waals surface area contributed by atoms with Crippen molar-refractivity contribution in [3.63, 3.8) is 0 Å². The van der Waals surface area contributed by atoms with Crippen LogP contribution in [0, 0.1) is 11.3 Å². The number of imidazole rings is 1. The van der Waals surface area contributed by atoms with Crippen LogP contribution >= 0.6 is 12.4 Å². The Morgan fingerprint density at radius 3 is 2.81 bits per heavy atom. The molecule has 1 aromatic heterocycles. The van der Waals surface area contributed by atoms with Gasteiger partial charge in [-0.3, -0.25) is 0 Å². The van der Waals surface area contributed by atoms with Crippen molar-refractivity contribution >= 4 is 22.4 Å². The van der Waals surface area contributed by atoms with Crippen molar-refractivity contribution in [2.75, 3.05) is 26.7 Å². The van der Waals surface area contributed by atoms with Gasteiger partial charge in [0, 0.05) is 39.1 Å². The Hall–Kier alpha value is -2.12. The van der Waals surface area contributed by atoms with Crippen molar-refractivity contribution in [3.05, 3.63) is 42.0 Å². The van der Waals surface area contributed by atoms with Gasteiger partial charge in [-0.2, -0.15) is 9.57 Å². The molecule has 1 aliphatic rings. The van der Waals surface area contributed by atoms with Crippen molar-refractivity contribution in [2.45, 2.75) is 10.9 Å². The second-order valence-corrected chi connectivity index (χ2v) is 7.57. The number of aromatic nitrogens is 2. The third-order valence-corrected chi connectivity index (χ3v) is 6.18. The molecule has 0 radical (unpaired) electrons. The summed E-state index contributed by atoms with van der Waals surface area (Å²) in [6, 6.07) is 5.91. The number of ether oxygens (including phenoxy) is 1. The first-order valence-corrected chi connectivity index (χ1v) is 9.21. The molecule has 0 saturated carbocycles. The molecule has 0 spiro atoms. The van der Waals surface area contributed by atoms with E-state index < -0.39 is 16.1 Å². The van der Waals surface area contributed by atoms with Crippen molar-refractivity contribution in [2.24, 2.45) is 7.05 Å². The van der Waals surface area contributed by atoms with Crippen molar-refractivity contribution in [1.29, 1.82) is 5.26 Å². The molecule has 0 amide bonds. The quantitative estimate of drug-likeness (QED) is 0.827. The maximum atomic E-state index is 13.3. The average molecular weight is 398 g/mol. The van der Waals surface area contributed by atoms with E-state index in [-0.39, 0.29) is 23.1 Å². The summed E-state index contributed by atoms with van der Waals surface area (Å²) in [7, 11) is -0.586. The summed E-state index contributed by atoms with van der Waals surface area (Å²) in [5, 5.41) is 12.2. The highest BCUT2D eigenvalue weighted by atomic mass is 35.5. The zero-order chi connectivity index (χ0) is 18.0. The topological polar surface area (TPSA) is 100 Å². The fourth-order valence-corrected chi connectivity index (χ4v) is 4.69. The number of rotatable bonds is 4. The lowest BCUT2D eigenvalue weighted by Gasteiger charge is -2.34. The minimum atomic E-state index is -3.82. The Bertz CT molecular complexity index is 922. The summed E-state index contributed by atoms with van der Waals surface area (Å²) in [6.07, 6.45) is 3.44. The Kier molecular flexibility index (Phi) is 6.26. The van der Waals surface area contributed by atoms with Gasteiger partial charge in [0.05, 0.1) is 24.8 Å². The molecule has 1 N–H and O–H groups in total. The number of nitrogens with zero attached hydrogens (tertiary/aromatic N) is 4. The van der Waals surface area contributed by atoms with Crippen LogP contribution in [0.3, 0.4) is 0 Å². The van der Waals surface area contributed by atoms with E-state index in [1.807, 2.05) is 17.7 Å². The minimum absolute atomic E-state index is 0. The molecule has 2 heterocycles. The van der Waals surface area contributed by atoms with Crippen molar-refractivity contribution in [1.82, 2.24) is 19.2 Å². The lowest BCUT2D eigenvalue weighted by atomic mass is 10.2. The Labute approximate surface area is 158 Å². The van der Waals surface area contributed by atoms with Gasteiger partial charge < -0.3 is 14.6 Å². The molecule has 0 bridgehead atoms. The second kappa shape index (κ2) is 8.05. The monoisotopic (exact) mass is 397 g/mol. The number of nitrogens with one attached hydrogen (secondary N) is 1. The van der Waals surface area contributed by atoms with Gasteiger partial charge in [0.1, 0.15) is 16.5 Å². The summed E-state index contributed by atoms with van der Waals surface area (Å²) in [5.41, 5.74) is 0.344. The van der Waals surface area contributed by atoms with E-state index in [9.17, 15) is 8.42 Å². The van der Waals surface area contributed by atoms with E-state index in [0.29, 0.717) is 31.0 Å². The highest BCUT2D eigenvalue weighted by Crippen LogP contribution is 2.33. The first kappa shape index (κ1) is 20.2. The standard InChI is InChI=1S/C16H19N5O3S.ClH/c1-20-7-6-19-16(20)13-11-18-5-8-21(13)25(22,23)15-4-3-12(10-17)9-14(15)24-2;/h3-4,6-7,9,13,18H,5,8,11H2,1-2H3;1H. The van der Waals surface area contributed by atoms with E-state index in [2.05, 4.69) is 10.3 Å². The maximum Gasteiger partial charge on any atom is 0.247 e. The zero-order valence-electron chi connectivity index (χ0n) is 14.4. The summed E-state index contributed by atoms with van der Waals surface area (Å²) in [5.74, 6) is 0.833. The molecule has 10 heteroatoms. The van der Waals surface area contributed by atoms with E-state index >= 15 is 0 Å². The van der Waals surface area contributed by atoms with Crippen molar-refractivity contribution < 1.29 is 13.2 Å². The van der Waals surface area contributed by atoms with Crippen LogP contribution in [0.25, 0.3) is 0 Å². The van der Waals surface area contributed by atoms with Gasteiger partial charge in [-0.1, -0.05) is 0 Å².